The fourth-order valence-electron chi connectivity index (χ4n) is 2.53. The molecule has 0 aromatic heterocycles. The Labute approximate surface area is 143 Å². The molecule has 0 atom stereocenters. The molecule has 128 valence electrons. The average molecular weight is 340 g/mol. The van der Waals surface area contributed by atoms with Gasteiger partial charge in [-0.25, -0.2) is 4.79 Å². The van der Waals surface area contributed by atoms with Gasteiger partial charge >= 0.3 is 5.97 Å². The summed E-state index contributed by atoms with van der Waals surface area (Å²) in [6.45, 7) is 1.65. The standard InChI is InChI=1S/C18H16N2O5/c1-11-2-7-14-15(8-11)25-10-17(22)20(14)9-16(21)19-13-5-3-12(4-6-13)18(23)24/h2-8H,9-10H2,1H3,(H,19,21)(H,23,24). The highest BCUT2D eigenvalue weighted by atomic mass is 16.5. The van der Waals surface area contributed by atoms with Crippen molar-refractivity contribution < 1.29 is 24.2 Å². The number of nitrogens with one attached hydrogen (secondary N) is 1. The van der Waals surface area contributed by atoms with Gasteiger partial charge in [0.05, 0.1) is 11.3 Å². The highest BCUT2D eigenvalue weighted by Gasteiger charge is 2.27. The first-order chi connectivity index (χ1) is 11.9. The predicted octanol–water partition coefficient (Wildman–Crippen LogP) is 2.06. The maximum atomic E-state index is 12.3. The van der Waals surface area contributed by atoms with Crippen molar-refractivity contribution in [1.82, 2.24) is 0 Å². The number of aryl methyl sites for hydroxylation is 1. The van der Waals surface area contributed by atoms with Crippen LogP contribution in [-0.4, -0.2) is 36.0 Å². The Kier molecular flexibility index (Phi) is 4.38. The fraction of sp³-hybridized carbons (Fsp3) is 0.167. The lowest BCUT2D eigenvalue weighted by Gasteiger charge is -2.29. The van der Waals surface area contributed by atoms with Crippen molar-refractivity contribution >= 4 is 29.2 Å². The summed E-state index contributed by atoms with van der Waals surface area (Å²) in [5.74, 6) is -1.15. The number of rotatable bonds is 4. The van der Waals surface area contributed by atoms with E-state index >= 15 is 0 Å². The number of anilines is 2. The number of nitrogens with zero attached hydrogens (tertiary/aromatic N) is 1. The summed E-state index contributed by atoms with van der Waals surface area (Å²) in [6, 6.07) is 11.2. The molecule has 1 heterocycles. The Morgan fingerprint density at radius 1 is 1.20 bits per heavy atom. The molecule has 0 aliphatic carbocycles. The Hall–Kier alpha value is -3.35. The normalized spacial score (nSPS) is 13.0. The zero-order chi connectivity index (χ0) is 18.0. The lowest BCUT2D eigenvalue weighted by atomic mass is 10.1. The van der Waals surface area contributed by atoms with Crippen molar-refractivity contribution in [3.8, 4) is 5.75 Å². The summed E-state index contributed by atoms with van der Waals surface area (Å²) < 4.78 is 5.40. The number of carbonyl (C=O) groups excluding carboxylic acids is 2. The molecule has 3 rings (SSSR count). The van der Waals surface area contributed by atoms with Crippen LogP contribution in [0, 0.1) is 6.92 Å². The summed E-state index contributed by atoms with van der Waals surface area (Å²) in [5.41, 5.74) is 2.14. The lowest BCUT2D eigenvalue weighted by molar-refractivity contribution is -0.123. The van der Waals surface area contributed by atoms with Gasteiger partial charge in [-0.1, -0.05) is 6.07 Å². The van der Waals surface area contributed by atoms with Gasteiger partial charge in [0, 0.05) is 5.69 Å². The molecule has 2 aromatic carbocycles. The number of fused-ring (bicyclic) bond motifs is 1. The predicted molar refractivity (Wildman–Crippen MR) is 91.1 cm³/mol. The Bertz CT molecular complexity index is 845. The zero-order valence-corrected chi connectivity index (χ0v) is 13.5. The second kappa shape index (κ2) is 6.64. The number of hydrogen-bond acceptors (Lipinski definition) is 4. The number of carboxylic acids is 1. The molecule has 0 unspecified atom stereocenters. The molecule has 25 heavy (non-hydrogen) atoms. The van der Waals surface area contributed by atoms with Gasteiger partial charge in [-0.05, 0) is 48.9 Å². The summed E-state index contributed by atoms with van der Waals surface area (Å²) in [4.78, 5) is 36.6. The molecular formula is C18H16N2O5. The van der Waals surface area contributed by atoms with Crippen molar-refractivity contribution in [3.05, 3.63) is 53.6 Å². The molecule has 0 radical (unpaired) electrons. The van der Waals surface area contributed by atoms with Crippen LogP contribution in [0.1, 0.15) is 15.9 Å². The third-order valence-corrected chi connectivity index (χ3v) is 3.78. The van der Waals surface area contributed by atoms with Crippen molar-refractivity contribution in [3.63, 3.8) is 0 Å². The van der Waals surface area contributed by atoms with Gasteiger partial charge in [0.25, 0.3) is 5.91 Å². The first kappa shape index (κ1) is 16.5. The highest BCUT2D eigenvalue weighted by molar-refractivity contribution is 6.05. The van der Waals surface area contributed by atoms with Crippen LogP contribution < -0.4 is 15.0 Å². The van der Waals surface area contributed by atoms with Crippen molar-refractivity contribution in [2.24, 2.45) is 0 Å². The molecule has 0 fully saturated rings. The Morgan fingerprint density at radius 3 is 2.60 bits per heavy atom. The highest BCUT2D eigenvalue weighted by Crippen LogP contribution is 2.32. The van der Waals surface area contributed by atoms with E-state index in [4.69, 9.17) is 9.84 Å². The van der Waals surface area contributed by atoms with Crippen LogP contribution in [0.3, 0.4) is 0 Å². The molecule has 2 amide bonds. The molecule has 0 bridgehead atoms. The molecule has 7 heteroatoms. The minimum absolute atomic E-state index is 0.114. The quantitative estimate of drug-likeness (QED) is 0.888. The molecule has 0 saturated heterocycles. The number of amides is 2. The molecule has 7 nitrogen and oxygen atoms in total. The largest absolute Gasteiger partial charge is 0.482 e. The van der Waals surface area contributed by atoms with Crippen LogP contribution in [0.15, 0.2) is 42.5 Å². The molecular weight excluding hydrogens is 324 g/mol. The van der Waals surface area contributed by atoms with Crippen LogP contribution in [0.4, 0.5) is 11.4 Å². The van der Waals surface area contributed by atoms with E-state index in [2.05, 4.69) is 5.32 Å². The third kappa shape index (κ3) is 3.60. The Morgan fingerprint density at radius 2 is 1.92 bits per heavy atom. The van der Waals surface area contributed by atoms with Crippen LogP contribution in [-0.2, 0) is 9.59 Å². The van der Waals surface area contributed by atoms with E-state index in [-0.39, 0.29) is 30.5 Å². The van der Waals surface area contributed by atoms with E-state index in [0.717, 1.165) is 5.56 Å². The lowest BCUT2D eigenvalue weighted by Crippen LogP contribution is -2.43. The first-order valence-corrected chi connectivity index (χ1v) is 7.61. The SMILES string of the molecule is Cc1ccc2c(c1)OCC(=O)N2CC(=O)Nc1ccc(C(=O)O)cc1. The van der Waals surface area contributed by atoms with Crippen LogP contribution in [0.2, 0.25) is 0 Å². The third-order valence-electron chi connectivity index (χ3n) is 3.78. The van der Waals surface area contributed by atoms with Gasteiger partial charge in [-0.2, -0.15) is 0 Å². The van der Waals surface area contributed by atoms with E-state index < -0.39 is 5.97 Å². The van der Waals surface area contributed by atoms with E-state index in [1.165, 1.54) is 29.2 Å². The van der Waals surface area contributed by atoms with Gasteiger partial charge in [0.1, 0.15) is 12.3 Å². The molecule has 0 spiro atoms. The van der Waals surface area contributed by atoms with Crippen molar-refractivity contribution in [2.45, 2.75) is 6.92 Å². The summed E-state index contributed by atoms with van der Waals surface area (Å²) >= 11 is 0. The van der Waals surface area contributed by atoms with Gasteiger partial charge in [-0.15, -0.1) is 0 Å². The number of hydrogen-bond donors (Lipinski definition) is 2. The molecule has 0 saturated carbocycles. The van der Waals surface area contributed by atoms with Crippen molar-refractivity contribution in [1.29, 1.82) is 0 Å². The number of carboxylic acid groups (broad SMARTS) is 1. The van der Waals surface area contributed by atoms with E-state index in [9.17, 15) is 14.4 Å². The zero-order valence-electron chi connectivity index (χ0n) is 13.5. The number of benzene rings is 2. The number of ether oxygens (including phenoxy) is 1. The van der Waals surface area contributed by atoms with Crippen LogP contribution in [0.5, 0.6) is 5.75 Å². The van der Waals surface area contributed by atoms with Gasteiger partial charge < -0.3 is 15.2 Å². The van der Waals surface area contributed by atoms with Crippen LogP contribution >= 0.6 is 0 Å². The van der Waals surface area contributed by atoms with Gasteiger partial charge in [-0.3, -0.25) is 14.5 Å². The fourth-order valence-corrected chi connectivity index (χ4v) is 2.53. The number of carbonyl (C=O) groups is 3. The summed E-state index contributed by atoms with van der Waals surface area (Å²) in [6.07, 6.45) is 0. The first-order valence-electron chi connectivity index (χ1n) is 7.61. The molecule has 2 N–H and O–H groups in total. The van der Waals surface area contributed by atoms with E-state index in [0.29, 0.717) is 17.1 Å². The monoisotopic (exact) mass is 340 g/mol. The van der Waals surface area contributed by atoms with Crippen molar-refractivity contribution in [2.75, 3.05) is 23.4 Å². The second-order valence-electron chi connectivity index (χ2n) is 5.67. The average Bonchev–Trinajstić information content (AvgIpc) is 2.58. The summed E-state index contributed by atoms with van der Waals surface area (Å²) in [7, 11) is 0. The topological polar surface area (TPSA) is 95.9 Å². The van der Waals surface area contributed by atoms with E-state index in [1.807, 2.05) is 19.1 Å². The number of aromatic carboxylic acids is 1. The molecule has 1 aliphatic heterocycles. The van der Waals surface area contributed by atoms with Crippen LogP contribution in [0.25, 0.3) is 0 Å². The summed E-state index contributed by atoms with van der Waals surface area (Å²) in [5, 5.41) is 11.5. The van der Waals surface area contributed by atoms with Gasteiger partial charge in [0.15, 0.2) is 6.61 Å². The van der Waals surface area contributed by atoms with Gasteiger partial charge in [0.2, 0.25) is 5.91 Å². The molecule has 2 aromatic rings. The van der Waals surface area contributed by atoms with E-state index in [1.54, 1.807) is 6.07 Å². The second-order valence-corrected chi connectivity index (χ2v) is 5.67. The smallest absolute Gasteiger partial charge is 0.335 e. The maximum absolute atomic E-state index is 12.3. The Balaban J connectivity index is 1.72. The minimum Gasteiger partial charge on any atom is -0.482 e. The minimum atomic E-state index is -1.04. The maximum Gasteiger partial charge on any atom is 0.335 e. The molecule has 1 aliphatic rings.